The summed E-state index contributed by atoms with van der Waals surface area (Å²) < 4.78 is 2.45. The van der Waals surface area contributed by atoms with Gasteiger partial charge in [-0.3, -0.25) is 0 Å². The molecule has 0 saturated carbocycles. The van der Waals surface area contributed by atoms with Crippen molar-refractivity contribution in [3.63, 3.8) is 0 Å². The molecule has 0 radical (unpaired) electrons. The molecule has 0 fully saturated rings. The molecular formula is C43H42N12O9. The normalized spacial score (nSPS) is 11.8. The third-order valence-corrected chi connectivity index (χ3v) is 9.30. The molecule has 0 spiro atoms. The number of nitrogens with two attached hydrogens (primary N) is 2. The molecule has 0 saturated heterocycles. The van der Waals surface area contributed by atoms with Crippen LogP contribution in [0, 0.1) is 0 Å². The number of aromatic nitrogens is 4. The molecular weight excluding hydrogens is 829 g/mol. The molecule has 64 heavy (non-hydrogen) atoms. The van der Waals surface area contributed by atoms with E-state index in [2.05, 4.69) is 41.3 Å². The van der Waals surface area contributed by atoms with Crippen LogP contribution in [0.3, 0.4) is 0 Å². The number of carboxylic acids is 4. The van der Waals surface area contributed by atoms with Gasteiger partial charge in [0.15, 0.2) is 23.0 Å². The number of azo groups is 2. The van der Waals surface area contributed by atoms with Gasteiger partial charge in [0.2, 0.25) is 0 Å². The van der Waals surface area contributed by atoms with Gasteiger partial charge >= 0.3 is 29.9 Å². The second-order valence-electron chi connectivity index (χ2n) is 16.3. The van der Waals surface area contributed by atoms with Crippen molar-refractivity contribution in [3.8, 4) is 11.4 Å². The molecule has 0 atom stereocenters. The van der Waals surface area contributed by atoms with Gasteiger partial charge in [-0.15, -0.1) is 10.2 Å². The summed E-state index contributed by atoms with van der Waals surface area (Å²) in [5.41, 5.74) is 13.8. The number of carbonyl (C=O) groups is 5. The number of amides is 2. The van der Waals surface area contributed by atoms with E-state index in [0.717, 1.165) is 12.1 Å². The Bertz CT molecular complexity index is 2640. The van der Waals surface area contributed by atoms with Crippen LogP contribution in [0.4, 0.5) is 50.6 Å². The van der Waals surface area contributed by atoms with Crippen LogP contribution in [0.2, 0.25) is 0 Å². The highest BCUT2D eigenvalue weighted by Crippen LogP contribution is 2.40. The van der Waals surface area contributed by atoms with E-state index in [1.54, 1.807) is 48.5 Å². The number of hydrogen-bond donors (Lipinski definition) is 8. The van der Waals surface area contributed by atoms with Crippen molar-refractivity contribution in [2.45, 2.75) is 52.4 Å². The van der Waals surface area contributed by atoms with E-state index < -0.39 is 40.7 Å². The number of aromatic carboxylic acids is 4. The molecule has 10 N–H and O–H groups in total. The minimum absolute atomic E-state index is 0.00627. The molecule has 6 rings (SSSR count). The van der Waals surface area contributed by atoms with Crippen molar-refractivity contribution in [3.05, 3.63) is 119 Å². The van der Waals surface area contributed by atoms with Gasteiger partial charge in [-0.25, -0.2) is 33.3 Å². The fourth-order valence-corrected chi connectivity index (χ4v) is 6.14. The molecule has 0 aliphatic carbocycles. The van der Waals surface area contributed by atoms with E-state index in [1.165, 1.54) is 33.6 Å². The topological polar surface area (TPSA) is 327 Å². The molecule has 2 amide bonds. The Morgan fingerprint density at radius 1 is 0.500 bits per heavy atom. The summed E-state index contributed by atoms with van der Waals surface area (Å²) in [6.07, 6.45) is 0. The van der Waals surface area contributed by atoms with Gasteiger partial charge in [-0.1, -0.05) is 41.5 Å². The van der Waals surface area contributed by atoms with Crippen molar-refractivity contribution in [2.24, 2.45) is 20.5 Å². The number of benzene rings is 4. The molecule has 2 heterocycles. The third kappa shape index (κ3) is 9.89. The monoisotopic (exact) mass is 870 g/mol. The van der Waals surface area contributed by atoms with Crippen LogP contribution in [0.5, 0.6) is 0 Å². The van der Waals surface area contributed by atoms with Crippen LogP contribution in [-0.4, -0.2) is 69.9 Å². The molecule has 0 bridgehead atoms. The standard InChI is InChI=1S/C43H42N12O9/c1-42(2,3)33-31(35(44)54(52-33)29-17-21(37(56)57)15-22(18-29)38(58)59)50-48-27-11-7-25(8-12-27)46-41(64)47-26-9-13-28(14-10-26)49-51-32-34(43(4,5)6)53-55(36(32)45)30-19-23(39(60)61)16-24(20-30)40(62)63/h7-20H,44-45H2,1-6H3,(H,56,57)(H,58,59)(H,60,61)(H,62,63)(H2,46,47,64). The van der Waals surface area contributed by atoms with E-state index >= 15 is 0 Å². The third-order valence-electron chi connectivity index (χ3n) is 9.30. The van der Waals surface area contributed by atoms with E-state index in [9.17, 15) is 44.4 Å². The van der Waals surface area contributed by atoms with Crippen LogP contribution in [-0.2, 0) is 10.8 Å². The SMILES string of the molecule is CC(C)(C)c1nn(-c2cc(C(=O)O)cc(C(=O)O)c2)c(N)c1N=Nc1ccc(NC(=O)Nc2ccc(N=Nc3c(C(C)(C)C)nn(-c4cc(C(=O)O)cc(C(=O)O)c4)c3N)cc2)cc1. The van der Waals surface area contributed by atoms with Crippen molar-refractivity contribution in [1.29, 1.82) is 0 Å². The Kier molecular flexibility index (Phi) is 12.1. The number of carbonyl (C=O) groups excluding carboxylic acids is 1. The number of urea groups is 1. The molecule has 328 valence electrons. The Labute approximate surface area is 363 Å². The average Bonchev–Trinajstić information content (AvgIpc) is 3.75. The molecule has 21 heteroatoms. The number of anilines is 4. The fourth-order valence-electron chi connectivity index (χ4n) is 6.14. The molecule has 0 unspecified atom stereocenters. The van der Waals surface area contributed by atoms with Gasteiger partial charge in [0.25, 0.3) is 0 Å². The molecule has 4 aromatic carbocycles. The van der Waals surface area contributed by atoms with Gasteiger partial charge in [-0.05, 0) is 84.9 Å². The smallest absolute Gasteiger partial charge is 0.335 e. The first-order valence-corrected chi connectivity index (χ1v) is 19.1. The summed E-state index contributed by atoms with van der Waals surface area (Å²) in [6, 6.07) is 19.4. The first kappa shape index (κ1) is 44.8. The number of nitrogens with zero attached hydrogens (tertiary/aromatic N) is 8. The maximum absolute atomic E-state index is 12.9. The Morgan fingerprint density at radius 2 is 0.797 bits per heavy atom. The molecule has 2 aromatic heterocycles. The zero-order valence-corrected chi connectivity index (χ0v) is 35.1. The lowest BCUT2D eigenvalue weighted by Crippen LogP contribution is -2.19. The molecule has 0 aliphatic heterocycles. The van der Waals surface area contributed by atoms with Crippen molar-refractivity contribution in [2.75, 3.05) is 22.1 Å². The second-order valence-corrected chi connectivity index (χ2v) is 16.3. The van der Waals surface area contributed by atoms with Crippen molar-refractivity contribution < 1.29 is 44.4 Å². The number of nitrogen functional groups attached to an aromatic ring is 2. The Balaban J connectivity index is 1.14. The lowest BCUT2D eigenvalue weighted by atomic mass is 9.91. The van der Waals surface area contributed by atoms with Crippen LogP contribution in [0.15, 0.2) is 105 Å². The van der Waals surface area contributed by atoms with E-state index in [-0.39, 0.29) is 56.6 Å². The summed E-state index contributed by atoms with van der Waals surface area (Å²) in [5, 5.41) is 70.1. The summed E-state index contributed by atoms with van der Waals surface area (Å²) in [7, 11) is 0. The number of carboxylic acid groups (broad SMARTS) is 4. The highest BCUT2D eigenvalue weighted by atomic mass is 16.4. The minimum Gasteiger partial charge on any atom is -0.478 e. The highest BCUT2D eigenvalue weighted by molar-refractivity contribution is 6.00. The zero-order chi connectivity index (χ0) is 46.8. The van der Waals surface area contributed by atoms with Crippen LogP contribution >= 0.6 is 0 Å². The summed E-state index contributed by atoms with van der Waals surface area (Å²) in [4.78, 5) is 59.8. The maximum atomic E-state index is 12.9. The van der Waals surface area contributed by atoms with Gasteiger partial charge < -0.3 is 42.5 Å². The minimum atomic E-state index is -1.33. The first-order chi connectivity index (χ1) is 30.0. The second kappa shape index (κ2) is 17.3. The largest absolute Gasteiger partial charge is 0.478 e. The predicted octanol–water partition coefficient (Wildman–Crippen LogP) is 9.09. The molecule has 6 aromatic rings. The Morgan fingerprint density at radius 3 is 1.06 bits per heavy atom. The van der Waals surface area contributed by atoms with Crippen molar-refractivity contribution >= 4 is 75.7 Å². The van der Waals surface area contributed by atoms with E-state index in [4.69, 9.17) is 11.5 Å². The molecule has 0 aliphatic rings. The van der Waals surface area contributed by atoms with E-state index in [0.29, 0.717) is 34.1 Å². The highest BCUT2D eigenvalue weighted by Gasteiger charge is 2.29. The summed E-state index contributed by atoms with van der Waals surface area (Å²) >= 11 is 0. The maximum Gasteiger partial charge on any atom is 0.335 e. The summed E-state index contributed by atoms with van der Waals surface area (Å²) in [5.74, 6) is -5.29. The predicted molar refractivity (Wildman–Crippen MR) is 235 cm³/mol. The number of rotatable bonds is 12. The van der Waals surface area contributed by atoms with Gasteiger partial charge in [0, 0.05) is 22.2 Å². The molecule has 21 nitrogen and oxygen atoms in total. The lowest BCUT2D eigenvalue weighted by Gasteiger charge is -2.15. The lowest BCUT2D eigenvalue weighted by molar-refractivity contribution is 0.0676. The van der Waals surface area contributed by atoms with Crippen LogP contribution in [0.25, 0.3) is 11.4 Å². The Hall–Kier alpha value is -8.75. The summed E-state index contributed by atoms with van der Waals surface area (Å²) in [6.45, 7) is 11.2. The zero-order valence-electron chi connectivity index (χ0n) is 35.1. The van der Waals surface area contributed by atoms with Gasteiger partial charge in [-0.2, -0.15) is 20.4 Å². The number of hydrogen-bond acceptors (Lipinski definition) is 13. The van der Waals surface area contributed by atoms with Gasteiger partial charge in [0.05, 0.1) is 56.4 Å². The van der Waals surface area contributed by atoms with Crippen molar-refractivity contribution in [1.82, 2.24) is 19.6 Å². The quantitative estimate of drug-likeness (QED) is 0.0532. The van der Waals surface area contributed by atoms with E-state index in [1.807, 2.05) is 41.5 Å². The van der Waals surface area contributed by atoms with Crippen LogP contribution < -0.4 is 22.1 Å². The number of nitrogens with one attached hydrogen (secondary N) is 2. The van der Waals surface area contributed by atoms with Crippen LogP contribution in [0.1, 0.15) is 94.4 Å². The first-order valence-electron chi connectivity index (χ1n) is 19.1. The van der Waals surface area contributed by atoms with Gasteiger partial charge in [0.1, 0.15) is 0 Å². The average molecular weight is 871 g/mol. The fraction of sp³-hybridized carbons (Fsp3) is 0.186.